The molecule has 4 N–H and O–H groups in total. The molecule has 94 valence electrons. The lowest BCUT2D eigenvalue weighted by Gasteiger charge is -2.04. The van der Waals surface area contributed by atoms with E-state index >= 15 is 0 Å². The number of sulfone groups is 1. The molecule has 8 heteroatoms. The van der Waals surface area contributed by atoms with Gasteiger partial charge in [-0.1, -0.05) is 0 Å². The number of rotatable bonds is 5. The van der Waals surface area contributed by atoms with E-state index in [0.29, 0.717) is 5.69 Å². The Balaban J connectivity index is 2.52. The van der Waals surface area contributed by atoms with Crippen molar-refractivity contribution in [2.24, 2.45) is 5.84 Å². The number of nitrogens with zero attached hydrogens (tertiary/aromatic N) is 1. The van der Waals surface area contributed by atoms with Crippen LogP contribution in [0.3, 0.4) is 0 Å². The van der Waals surface area contributed by atoms with Crippen molar-refractivity contribution < 1.29 is 13.2 Å². The van der Waals surface area contributed by atoms with Crippen molar-refractivity contribution in [1.29, 1.82) is 0 Å². The second-order valence-electron chi connectivity index (χ2n) is 3.46. The van der Waals surface area contributed by atoms with Crippen LogP contribution in [0.25, 0.3) is 0 Å². The van der Waals surface area contributed by atoms with Crippen LogP contribution in [0.1, 0.15) is 10.5 Å². The molecule has 0 unspecified atom stereocenters. The maximum atomic E-state index is 11.5. The first kappa shape index (κ1) is 13.4. The molecular formula is C9H14N4O3S. The molecule has 1 aromatic heterocycles. The number of carbonyl (C=O) groups is 1. The fraction of sp³-hybridized carbons (Fsp3) is 0.333. The van der Waals surface area contributed by atoms with E-state index in [1.54, 1.807) is 6.07 Å². The minimum Gasteiger partial charge on any atom is -0.350 e. The maximum Gasteiger partial charge on any atom is 0.269 e. The molecule has 0 bridgehead atoms. The van der Waals surface area contributed by atoms with Gasteiger partial charge in [-0.15, -0.1) is 0 Å². The van der Waals surface area contributed by atoms with Crippen LogP contribution in [0.4, 0.5) is 5.69 Å². The normalized spacial score (nSPS) is 10.9. The number of aromatic nitrogens is 1. The zero-order valence-corrected chi connectivity index (χ0v) is 10.1. The largest absolute Gasteiger partial charge is 0.350 e. The lowest BCUT2D eigenvalue weighted by Crippen LogP contribution is -2.29. The summed E-state index contributed by atoms with van der Waals surface area (Å²) in [6.45, 7) is 0.0657. The highest BCUT2D eigenvalue weighted by Crippen LogP contribution is 2.03. The third-order valence-corrected chi connectivity index (χ3v) is 2.87. The van der Waals surface area contributed by atoms with Crippen LogP contribution in [0.15, 0.2) is 18.3 Å². The van der Waals surface area contributed by atoms with Gasteiger partial charge in [-0.2, -0.15) is 0 Å². The summed E-state index contributed by atoms with van der Waals surface area (Å²) in [4.78, 5) is 15.4. The number of carbonyl (C=O) groups excluding carboxylic acids is 1. The van der Waals surface area contributed by atoms with E-state index in [9.17, 15) is 13.2 Å². The minimum absolute atomic E-state index is 0.0657. The summed E-state index contributed by atoms with van der Waals surface area (Å²) in [7, 11) is -3.07. The topological polar surface area (TPSA) is 114 Å². The molecule has 17 heavy (non-hydrogen) atoms. The van der Waals surface area contributed by atoms with Gasteiger partial charge >= 0.3 is 0 Å². The third-order valence-electron chi connectivity index (χ3n) is 1.92. The predicted molar refractivity (Wildman–Crippen MR) is 64.1 cm³/mol. The van der Waals surface area contributed by atoms with E-state index in [1.807, 2.05) is 0 Å². The smallest absolute Gasteiger partial charge is 0.269 e. The Kier molecular flexibility index (Phi) is 4.41. The van der Waals surface area contributed by atoms with E-state index in [0.717, 1.165) is 6.26 Å². The first-order valence-electron chi connectivity index (χ1n) is 4.81. The van der Waals surface area contributed by atoms with E-state index in [4.69, 9.17) is 5.84 Å². The summed E-state index contributed by atoms with van der Waals surface area (Å²) in [5.74, 6) is 4.63. The SMILES string of the molecule is CS(=O)(=O)CCNC(=O)c1ccc(NN)cn1. The average molecular weight is 258 g/mol. The van der Waals surface area contributed by atoms with Crippen LogP contribution in [0, 0.1) is 0 Å². The fourth-order valence-corrected chi connectivity index (χ4v) is 1.53. The number of hydrazine groups is 1. The maximum absolute atomic E-state index is 11.5. The summed E-state index contributed by atoms with van der Waals surface area (Å²) < 4.78 is 21.7. The number of hydrogen-bond acceptors (Lipinski definition) is 6. The first-order valence-corrected chi connectivity index (χ1v) is 6.87. The highest BCUT2D eigenvalue weighted by atomic mass is 32.2. The van der Waals surface area contributed by atoms with Gasteiger partial charge in [0, 0.05) is 12.8 Å². The van der Waals surface area contributed by atoms with Gasteiger partial charge < -0.3 is 10.7 Å². The van der Waals surface area contributed by atoms with Crippen LogP contribution in [0.5, 0.6) is 0 Å². The van der Waals surface area contributed by atoms with Crippen LogP contribution < -0.4 is 16.6 Å². The minimum atomic E-state index is -3.07. The van der Waals surface area contributed by atoms with E-state index in [1.165, 1.54) is 12.3 Å². The molecule has 1 rings (SSSR count). The van der Waals surface area contributed by atoms with E-state index in [2.05, 4.69) is 15.7 Å². The molecular weight excluding hydrogens is 244 g/mol. The Morgan fingerprint density at radius 3 is 2.65 bits per heavy atom. The first-order chi connectivity index (χ1) is 7.92. The Hall–Kier alpha value is -1.67. The standard InChI is InChI=1S/C9H14N4O3S/c1-17(15,16)5-4-11-9(14)8-3-2-7(13-10)6-12-8/h2-3,6,13H,4-5,10H2,1H3,(H,11,14). The van der Waals surface area contributed by atoms with Gasteiger partial charge in [0.1, 0.15) is 15.5 Å². The van der Waals surface area contributed by atoms with Crippen LogP contribution in [0.2, 0.25) is 0 Å². The van der Waals surface area contributed by atoms with Gasteiger partial charge in [0.2, 0.25) is 0 Å². The molecule has 7 nitrogen and oxygen atoms in total. The van der Waals surface area contributed by atoms with Gasteiger partial charge in [-0.3, -0.25) is 10.6 Å². The zero-order chi connectivity index (χ0) is 12.9. The van der Waals surface area contributed by atoms with Crippen molar-refractivity contribution in [3.05, 3.63) is 24.0 Å². The lowest BCUT2D eigenvalue weighted by atomic mass is 10.3. The molecule has 0 atom stereocenters. The lowest BCUT2D eigenvalue weighted by molar-refractivity contribution is 0.0951. The van der Waals surface area contributed by atoms with Crippen molar-refractivity contribution in [3.8, 4) is 0 Å². The average Bonchev–Trinajstić information content (AvgIpc) is 2.27. The number of nitrogen functional groups attached to an aromatic ring is 1. The van der Waals surface area contributed by atoms with Crippen molar-refractivity contribution in [3.63, 3.8) is 0 Å². The molecule has 0 aromatic carbocycles. The summed E-state index contributed by atoms with van der Waals surface area (Å²) in [5.41, 5.74) is 3.17. The molecule has 0 saturated carbocycles. The van der Waals surface area contributed by atoms with Crippen LogP contribution in [-0.2, 0) is 9.84 Å². The molecule has 1 heterocycles. The van der Waals surface area contributed by atoms with Gasteiger partial charge in [-0.05, 0) is 12.1 Å². The fourth-order valence-electron chi connectivity index (χ4n) is 1.05. The molecule has 0 aliphatic carbocycles. The molecule has 0 radical (unpaired) electrons. The Morgan fingerprint density at radius 2 is 2.18 bits per heavy atom. The number of hydrogen-bond donors (Lipinski definition) is 3. The highest BCUT2D eigenvalue weighted by Gasteiger charge is 2.08. The third kappa shape index (κ3) is 4.79. The molecule has 0 aliphatic rings. The number of nitrogens with two attached hydrogens (primary N) is 1. The second kappa shape index (κ2) is 5.60. The number of anilines is 1. The van der Waals surface area contributed by atoms with E-state index in [-0.39, 0.29) is 18.0 Å². The monoisotopic (exact) mass is 258 g/mol. The number of pyridine rings is 1. The summed E-state index contributed by atoms with van der Waals surface area (Å²) in [6, 6.07) is 3.09. The summed E-state index contributed by atoms with van der Waals surface area (Å²) in [6.07, 6.45) is 2.52. The predicted octanol–water partition coefficient (Wildman–Crippen LogP) is -0.858. The van der Waals surface area contributed by atoms with Crippen molar-refractivity contribution in [1.82, 2.24) is 10.3 Å². The van der Waals surface area contributed by atoms with Gasteiger partial charge in [-0.25, -0.2) is 13.4 Å². The summed E-state index contributed by atoms with van der Waals surface area (Å²) in [5, 5.41) is 2.46. The molecule has 0 aliphatic heterocycles. The Morgan fingerprint density at radius 1 is 1.47 bits per heavy atom. The van der Waals surface area contributed by atoms with E-state index < -0.39 is 15.7 Å². The van der Waals surface area contributed by atoms with Gasteiger partial charge in [0.25, 0.3) is 5.91 Å². The second-order valence-corrected chi connectivity index (χ2v) is 5.72. The van der Waals surface area contributed by atoms with Crippen molar-refractivity contribution in [2.45, 2.75) is 0 Å². The highest BCUT2D eigenvalue weighted by molar-refractivity contribution is 7.90. The molecule has 1 aromatic rings. The Labute approximate surface area is 99.3 Å². The molecule has 0 spiro atoms. The molecule has 0 saturated heterocycles. The zero-order valence-electron chi connectivity index (χ0n) is 9.30. The molecule has 0 fully saturated rings. The molecule has 1 amide bonds. The number of nitrogens with one attached hydrogen (secondary N) is 2. The number of amides is 1. The van der Waals surface area contributed by atoms with Crippen molar-refractivity contribution in [2.75, 3.05) is 24.0 Å². The van der Waals surface area contributed by atoms with Crippen molar-refractivity contribution >= 4 is 21.4 Å². The van der Waals surface area contributed by atoms with Gasteiger partial charge in [0.15, 0.2) is 0 Å². The van der Waals surface area contributed by atoms with Gasteiger partial charge in [0.05, 0.1) is 17.6 Å². The summed E-state index contributed by atoms with van der Waals surface area (Å²) >= 11 is 0. The Bertz CT molecular complexity index is 483. The van der Waals surface area contributed by atoms with Crippen LogP contribution >= 0.6 is 0 Å². The van der Waals surface area contributed by atoms with Crippen LogP contribution in [-0.4, -0.2) is 37.9 Å². The quantitative estimate of drug-likeness (QED) is 0.468.